The van der Waals surface area contributed by atoms with E-state index in [1.807, 2.05) is 0 Å². The molecule has 3 aliphatic rings. The molecule has 0 saturated heterocycles. The van der Waals surface area contributed by atoms with Gasteiger partial charge >= 0.3 is 0 Å². The maximum atomic E-state index is 10.9. The van der Waals surface area contributed by atoms with E-state index in [9.17, 15) is 4.79 Å². The SMILES string of the molecule is CCC1CC(CC2CC(CC3CC(CCCCCCCC(C)=O)C3)C2)C1. The van der Waals surface area contributed by atoms with E-state index in [0.717, 1.165) is 48.3 Å². The molecule has 0 N–H and O–H groups in total. The Labute approximate surface area is 163 Å². The van der Waals surface area contributed by atoms with Crippen LogP contribution in [-0.4, -0.2) is 5.78 Å². The van der Waals surface area contributed by atoms with Gasteiger partial charge in [0, 0.05) is 6.42 Å². The van der Waals surface area contributed by atoms with Crippen LogP contribution < -0.4 is 0 Å². The van der Waals surface area contributed by atoms with Gasteiger partial charge in [-0.1, -0.05) is 45.4 Å². The maximum absolute atomic E-state index is 10.9. The zero-order valence-electron chi connectivity index (χ0n) is 17.7. The van der Waals surface area contributed by atoms with Crippen molar-refractivity contribution in [2.45, 2.75) is 117 Å². The number of ketones is 1. The summed E-state index contributed by atoms with van der Waals surface area (Å²) in [5, 5.41) is 0. The number of unbranched alkanes of at least 4 members (excludes halogenated alkanes) is 4. The van der Waals surface area contributed by atoms with Crippen molar-refractivity contribution in [1.29, 1.82) is 0 Å². The van der Waals surface area contributed by atoms with E-state index in [4.69, 9.17) is 0 Å². The molecule has 0 amide bonds. The molecule has 0 radical (unpaired) electrons. The van der Waals surface area contributed by atoms with Crippen molar-refractivity contribution in [3.8, 4) is 0 Å². The molecular formula is C25H44O. The molecule has 3 aliphatic carbocycles. The highest BCUT2D eigenvalue weighted by atomic mass is 16.1. The van der Waals surface area contributed by atoms with Crippen LogP contribution in [0, 0.1) is 35.5 Å². The Morgan fingerprint density at radius 3 is 1.65 bits per heavy atom. The second-order valence-electron chi connectivity index (χ2n) is 10.5. The molecule has 0 aromatic rings. The minimum atomic E-state index is 0.358. The quantitative estimate of drug-likeness (QED) is 0.309. The van der Waals surface area contributed by atoms with Crippen molar-refractivity contribution >= 4 is 5.78 Å². The van der Waals surface area contributed by atoms with Gasteiger partial charge in [0.25, 0.3) is 0 Å². The molecule has 1 nitrogen and oxygen atoms in total. The number of carbonyl (C=O) groups is 1. The van der Waals surface area contributed by atoms with Gasteiger partial charge in [-0.05, 0) is 100 Å². The molecule has 0 bridgehead atoms. The third kappa shape index (κ3) is 6.38. The molecule has 1 heteroatoms. The van der Waals surface area contributed by atoms with Crippen LogP contribution >= 0.6 is 0 Å². The lowest BCUT2D eigenvalue weighted by Gasteiger charge is -2.45. The fraction of sp³-hybridized carbons (Fsp3) is 0.960. The zero-order valence-corrected chi connectivity index (χ0v) is 17.7. The van der Waals surface area contributed by atoms with Gasteiger partial charge in [-0.15, -0.1) is 0 Å². The predicted molar refractivity (Wildman–Crippen MR) is 111 cm³/mol. The summed E-state index contributed by atoms with van der Waals surface area (Å²) < 4.78 is 0. The third-order valence-corrected chi connectivity index (χ3v) is 8.05. The number of hydrogen-bond acceptors (Lipinski definition) is 1. The Balaban J connectivity index is 1.10. The Morgan fingerprint density at radius 2 is 1.12 bits per heavy atom. The van der Waals surface area contributed by atoms with Crippen molar-refractivity contribution < 1.29 is 4.79 Å². The van der Waals surface area contributed by atoms with Crippen LogP contribution in [0.4, 0.5) is 0 Å². The Bertz CT molecular complexity index is 410. The van der Waals surface area contributed by atoms with E-state index < -0.39 is 0 Å². The smallest absolute Gasteiger partial charge is 0.129 e. The standard InChI is InChI=1S/C25H44O/c1-3-20-11-22(12-20)15-24-17-25(18-24)16-23-13-21(14-23)10-8-6-4-5-7-9-19(2)26/h20-25H,3-18H2,1-2H3. The Morgan fingerprint density at radius 1 is 0.654 bits per heavy atom. The summed E-state index contributed by atoms with van der Waals surface area (Å²) >= 11 is 0. The first-order chi connectivity index (χ1) is 12.6. The average molecular weight is 361 g/mol. The van der Waals surface area contributed by atoms with Crippen LogP contribution in [0.5, 0.6) is 0 Å². The number of hydrogen-bond donors (Lipinski definition) is 0. The van der Waals surface area contributed by atoms with Crippen LogP contribution in [0.2, 0.25) is 0 Å². The second kappa shape index (κ2) is 10.3. The third-order valence-electron chi connectivity index (χ3n) is 8.05. The van der Waals surface area contributed by atoms with Crippen molar-refractivity contribution in [3.05, 3.63) is 0 Å². The number of carbonyl (C=O) groups excluding carboxylic acids is 1. The highest BCUT2D eigenvalue weighted by Crippen LogP contribution is 2.50. The monoisotopic (exact) mass is 360 g/mol. The molecule has 3 rings (SSSR count). The first kappa shape index (κ1) is 20.4. The number of Topliss-reactive ketones (excluding diaryl/α,β-unsaturated/α-hetero) is 1. The minimum absolute atomic E-state index is 0.358. The Hall–Kier alpha value is -0.330. The zero-order chi connectivity index (χ0) is 18.4. The summed E-state index contributed by atoms with van der Waals surface area (Å²) in [4.78, 5) is 10.9. The van der Waals surface area contributed by atoms with Crippen molar-refractivity contribution in [2.24, 2.45) is 35.5 Å². The minimum Gasteiger partial charge on any atom is -0.300 e. The average Bonchev–Trinajstić information content (AvgIpc) is 2.49. The highest BCUT2D eigenvalue weighted by molar-refractivity contribution is 5.75. The van der Waals surface area contributed by atoms with Crippen LogP contribution in [-0.2, 0) is 4.79 Å². The van der Waals surface area contributed by atoms with Gasteiger partial charge < -0.3 is 4.79 Å². The lowest BCUT2D eigenvalue weighted by molar-refractivity contribution is -0.117. The summed E-state index contributed by atoms with van der Waals surface area (Å²) in [6.07, 6.45) is 22.8. The van der Waals surface area contributed by atoms with E-state index in [1.165, 1.54) is 38.5 Å². The van der Waals surface area contributed by atoms with Gasteiger partial charge in [-0.3, -0.25) is 0 Å². The molecule has 0 spiro atoms. The van der Waals surface area contributed by atoms with Crippen molar-refractivity contribution in [3.63, 3.8) is 0 Å². The van der Waals surface area contributed by atoms with Crippen molar-refractivity contribution in [1.82, 2.24) is 0 Å². The number of rotatable bonds is 13. The second-order valence-corrected chi connectivity index (χ2v) is 10.5. The fourth-order valence-corrected chi connectivity index (χ4v) is 6.24. The van der Waals surface area contributed by atoms with Crippen LogP contribution in [0.1, 0.15) is 117 Å². The van der Waals surface area contributed by atoms with Crippen molar-refractivity contribution in [2.75, 3.05) is 0 Å². The van der Waals surface area contributed by atoms with Gasteiger partial charge in [0.2, 0.25) is 0 Å². The van der Waals surface area contributed by atoms with Crippen LogP contribution in [0.15, 0.2) is 0 Å². The van der Waals surface area contributed by atoms with Gasteiger partial charge in [-0.2, -0.15) is 0 Å². The normalized spacial score (nSPS) is 36.1. The molecule has 0 heterocycles. The van der Waals surface area contributed by atoms with E-state index in [0.29, 0.717) is 5.78 Å². The fourth-order valence-electron chi connectivity index (χ4n) is 6.24. The molecule has 0 aromatic heterocycles. The van der Waals surface area contributed by atoms with Crippen LogP contribution in [0.25, 0.3) is 0 Å². The summed E-state index contributed by atoms with van der Waals surface area (Å²) in [7, 11) is 0. The molecule has 0 atom stereocenters. The molecule has 150 valence electrons. The molecule has 26 heavy (non-hydrogen) atoms. The van der Waals surface area contributed by atoms with Crippen LogP contribution in [0.3, 0.4) is 0 Å². The molecule has 3 fully saturated rings. The van der Waals surface area contributed by atoms with E-state index in [-0.39, 0.29) is 0 Å². The molecule has 0 unspecified atom stereocenters. The Kier molecular flexibility index (Phi) is 8.07. The highest BCUT2D eigenvalue weighted by Gasteiger charge is 2.38. The first-order valence-electron chi connectivity index (χ1n) is 12.1. The largest absolute Gasteiger partial charge is 0.300 e. The summed E-state index contributed by atoms with van der Waals surface area (Å²) in [6, 6.07) is 0. The van der Waals surface area contributed by atoms with E-state index >= 15 is 0 Å². The summed E-state index contributed by atoms with van der Waals surface area (Å²) in [6.45, 7) is 4.08. The lowest BCUT2D eigenvalue weighted by atomic mass is 9.60. The van der Waals surface area contributed by atoms with E-state index in [1.54, 1.807) is 58.3 Å². The summed E-state index contributed by atoms with van der Waals surface area (Å²) in [5.74, 6) is 6.93. The maximum Gasteiger partial charge on any atom is 0.129 e. The van der Waals surface area contributed by atoms with Gasteiger partial charge in [-0.25, -0.2) is 0 Å². The van der Waals surface area contributed by atoms with E-state index in [2.05, 4.69) is 6.92 Å². The topological polar surface area (TPSA) is 17.1 Å². The molecule has 3 saturated carbocycles. The predicted octanol–water partition coefficient (Wildman–Crippen LogP) is 7.57. The summed E-state index contributed by atoms with van der Waals surface area (Å²) in [5.41, 5.74) is 0. The molecule has 0 aromatic carbocycles. The molecular weight excluding hydrogens is 316 g/mol. The van der Waals surface area contributed by atoms with Gasteiger partial charge in [0.05, 0.1) is 0 Å². The first-order valence-corrected chi connectivity index (χ1v) is 12.1. The van der Waals surface area contributed by atoms with Gasteiger partial charge in [0.1, 0.15) is 5.78 Å². The lowest BCUT2D eigenvalue weighted by Crippen LogP contribution is -2.34. The molecule has 0 aliphatic heterocycles. The van der Waals surface area contributed by atoms with Gasteiger partial charge in [0.15, 0.2) is 0 Å².